The first-order chi connectivity index (χ1) is 8.14. The Bertz CT molecular complexity index is 475. The molecule has 1 rings (SSSR count). The van der Waals surface area contributed by atoms with Crippen LogP contribution in [0, 0.1) is 3.57 Å². The molecule has 0 amide bonds. The molecule has 0 aliphatic heterocycles. The van der Waals surface area contributed by atoms with Crippen LogP contribution in [0.25, 0.3) is 0 Å². The van der Waals surface area contributed by atoms with Gasteiger partial charge in [-0.1, -0.05) is 0 Å². The molecule has 3 nitrogen and oxygen atoms in total. The lowest BCUT2D eigenvalue weighted by Gasteiger charge is -2.15. The lowest BCUT2D eigenvalue weighted by Crippen LogP contribution is -2.17. The number of hydrogen-bond acceptors (Lipinski definition) is 2. The highest BCUT2D eigenvalue weighted by Crippen LogP contribution is 2.38. The topological polar surface area (TPSA) is 50.2 Å². The third-order valence-electron chi connectivity index (χ3n) is 1.96. The van der Waals surface area contributed by atoms with E-state index in [-0.39, 0.29) is 0 Å². The first-order valence-corrected chi connectivity index (χ1v) is 5.47. The van der Waals surface area contributed by atoms with Crippen molar-refractivity contribution in [2.75, 3.05) is 0 Å². The molecule has 0 saturated carbocycles. The Kier molecular flexibility index (Phi) is 4.46. The van der Waals surface area contributed by atoms with Crippen molar-refractivity contribution >= 4 is 28.6 Å². The molecule has 0 radical (unpaired) electrons. The molecule has 1 heterocycles. The number of carbonyl (C=O) groups is 1. The normalized spacial score (nSPS) is 11.9. The van der Waals surface area contributed by atoms with Gasteiger partial charge < -0.3 is 5.11 Å². The molecule has 1 aromatic heterocycles. The molecule has 100 valence electrons. The van der Waals surface area contributed by atoms with E-state index in [0.29, 0.717) is 6.20 Å². The van der Waals surface area contributed by atoms with Crippen LogP contribution in [0.5, 0.6) is 0 Å². The molecule has 0 bridgehead atoms. The average molecular weight is 381 g/mol. The standard InChI is InChI=1S/C9H5F5INO2/c10-8(11)3-2-16-4(1-5(17)18)6(7(3)15)9(12,13)14/h2,8H,1H2,(H,17,18). The van der Waals surface area contributed by atoms with Crippen molar-refractivity contribution in [1.29, 1.82) is 0 Å². The molecule has 0 unspecified atom stereocenters. The van der Waals surface area contributed by atoms with Crippen molar-refractivity contribution in [2.24, 2.45) is 0 Å². The summed E-state index contributed by atoms with van der Waals surface area (Å²) in [7, 11) is 0. The van der Waals surface area contributed by atoms with Crippen LogP contribution in [0.2, 0.25) is 0 Å². The molecular weight excluding hydrogens is 376 g/mol. The summed E-state index contributed by atoms with van der Waals surface area (Å²) < 4.78 is 62.4. The molecule has 1 N–H and O–H groups in total. The van der Waals surface area contributed by atoms with E-state index >= 15 is 0 Å². The summed E-state index contributed by atoms with van der Waals surface area (Å²) >= 11 is 1.12. The van der Waals surface area contributed by atoms with Gasteiger partial charge >= 0.3 is 12.1 Å². The van der Waals surface area contributed by atoms with Gasteiger partial charge in [-0.15, -0.1) is 0 Å². The van der Waals surface area contributed by atoms with Gasteiger partial charge in [0.15, 0.2) is 0 Å². The van der Waals surface area contributed by atoms with E-state index in [1.807, 2.05) is 0 Å². The van der Waals surface area contributed by atoms with Crippen LogP contribution >= 0.6 is 22.6 Å². The van der Waals surface area contributed by atoms with Crippen molar-refractivity contribution in [1.82, 2.24) is 4.98 Å². The second-order valence-electron chi connectivity index (χ2n) is 3.22. The molecule has 0 fully saturated rings. The minimum atomic E-state index is -4.93. The largest absolute Gasteiger partial charge is 0.481 e. The zero-order chi connectivity index (χ0) is 14.1. The van der Waals surface area contributed by atoms with Crippen molar-refractivity contribution in [3.8, 4) is 0 Å². The summed E-state index contributed by atoms with van der Waals surface area (Å²) in [6.07, 6.45) is -8.45. The molecule has 1 aromatic rings. The average Bonchev–Trinajstić information content (AvgIpc) is 2.13. The third kappa shape index (κ3) is 3.27. The Balaban J connectivity index is 3.47. The second kappa shape index (κ2) is 5.33. The Hall–Kier alpha value is -1.00. The van der Waals surface area contributed by atoms with Crippen LogP contribution < -0.4 is 0 Å². The third-order valence-corrected chi connectivity index (χ3v) is 3.12. The fourth-order valence-corrected chi connectivity index (χ4v) is 2.25. The van der Waals surface area contributed by atoms with E-state index in [4.69, 9.17) is 5.11 Å². The van der Waals surface area contributed by atoms with Gasteiger partial charge in [-0.3, -0.25) is 9.78 Å². The Labute approximate surface area is 111 Å². The van der Waals surface area contributed by atoms with Gasteiger partial charge in [0.25, 0.3) is 6.43 Å². The van der Waals surface area contributed by atoms with E-state index in [2.05, 4.69) is 4.98 Å². The molecular formula is C9H5F5INO2. The maximum absolute atomic E-state index is 12.7. The van der Waals surface area contributed by atoms with Crippen molar-refractivity contribution in [3.05, 3.63) is 26.6 Å². The van der Waals surface area contributed by atoms with E-state index < -0.39 is 45.4 Å². The highest BCUT2D eigenvalue weighted by atomic mass is 127. The monoisotopic (exact) mass is 381 g/mol. The van der Waals surface area contributed by atoms with E-state index in [1.165, 1.54) is 0 Å². The van der Waals surface area contributed by atoms with E-state index in [9.17, 15) is 26.7 Å². The smallest absolute Gasteiger partial charge is 0.419 e. The van der Waals surface area contributed by atoms with Gasteiger partial charge in [0.05, 0.1) is 23.2 Å². The van der Waals surface area contributed by atoms with Crippen LogP contribution in [0.15, 0.2) is 6.20 Å². The molecule has 0 spiro atoms. The lowest BCUT2D eigenvalue weighted by molar-refractivity contribution is -0.140. The highest BCUT2D eigenvalue weighted by molar-refractivity contribution is 14.1. The van der Waals surface area contributed by atoms with Crippen LogP contribution in [0.4, 0.5) is 22.0 Å². The second-order valence-corrected chi connectivity index (χ2v) is 4.30. The molecule has 9 heteroatoms. The number of nitrogens with zero attached hydrogens (tertiary/aromatic N) is 1. The first-order valence-electron chi connectivity index (χ1n) is 4.39. The van der Waals surface area contributed by atoms with Gasteiger partial charge in [-0.2, -0.15) is 13.2 Å². The molecule has 0 atom stereocenters. The molecule has 0 aliphatic rings. The maximum atomic E-state index is 12.7. The molecule has 18 heavy (non-hydrogen) atoms. The molecule has 0 saturated heterocycles. The fraction of sp³-hybridized carbons (Fsp3) is 0.333. The van der Waals surface area contributed by atoms with Crippen LogP contribution in [-0.2, 0) is 17.4 Å². The number of carboxylic acid groups (broad SMARTS) is 1. The zero-order valence-electron chi connectivity index (χ0n) is 8.43. The van der Waals surface area contributed by atoms with Crippen LogP contribution in [-0.4, -0.2) is 16.1 Å². The minimum absolute atomic E-state index is 0.569. The quantitative estimate of drug-likeness (QED) is 0.646. The Morgan fingerprint density at radius 1 is 1.44 bits per heavy atom. The lowest BCUT2D eigenvalue weighted by atomic mass is 10.1. The summed E-state index contributed by atoms with van der Waals surface area (Å²) in [6.45, 7) is 0. The number of alkyl halides is 5. The molecule has 0 aliphatic carbocycles. The SMILES string of the molecule is O=C(O)Cc1ncc(C(F)F)c(I)c1C(F)(F)F. The van der Waals surface area contributed by atoms with Gasteiger partial charge in [-0.05, 0) is 22.6 Å². The number of hydrogen-bond donors (Lipinski definition) is 1. The maximum Gasteiger partial charge on any atom is 0.419 e. The van der Waals surface area contributed by atoms with E-state index in [1.54, 1.807) is 0 Å². The summed E-state index contributed by atoms with van der Waals surface area (Å²) in [5.41, 5.74) is -3.05. The van der Waals surface area contributed by atoms with Crippen LogP contribution in [0.3, 0.4) is 0 Å². The zero-order valence-corrected chi connectivity index (χ0v) is 10.6. The van der Waals surface area contributed by atoms with Crippen LogP contribution in [0.1, 0.15) is 23.2 Å². The predicted molar refractivity (Wildman–Crippen MR) is 58.3 cm³/mol. The first kappa shape index (κ1) is 15.1. The number of pyridine rings is 1. The molecule has 0 aromatic carbocycles. The van der Waals surface area contributed by atoms with Gasteiger partial charge in [0, 0.05) is 9.77 Å². The van der Waals surface area contributed by atoms with Crippen molar-refractivity contribution in [3.63, 3.8) is 0 Å². The Morgan fingerprint density at radius 3 is 2.39 bits per heavy atom. The van der Waals surface area contributed by atoms with Crippen molar-refractivity contribution < 1.29 is 31.9 Å². The van der Waals surface area contributed by atoms with Gasteiger partial charge in [0.1, 0.15) is 0 Å². The minimum Gasteiger partial charge on any atom is -0.481 e. The number of rotatable bonds is 3. The van der Waals surface area contributed by atoms with Crippen molar-refractivity contribution in [2.45, 2.75) is 19.0 Å². The number of aromatic nitrogens is 1. The summed E-state index contributed by atoms with van der Waals surface area (Å²) in [6, 6.07) is 0. The summed E-state index contributed by atoms with van der Waals surface area (Å²) in [5, 5.41) is 8.47. The fourth-order valence-electron chi connectivity index (χ4n) is 1.26. The Morgan fingerprint density at radius 2 is 2.00 bits per heavy atom. The van der Waals surface area contributed by atoms with E-state index in [0.717, 1.165) is 22.6 Å². The summed E-state index contributed by atoms with van der Waals surface area (Å²) in [5.74, 6) is -1.52. The van der Waals surface area contributed by atoms with Gasteiger partial charge in [0.2, 0.25) is 0 Å². The number of aliphatic carboxylic acids is 1. The highest BCUT2D eigenvalue weighted by Gasteiger charge is 2.38. The predicted octanol–water partition coefficient (Wildman–Crippen LogP) is 3.27. The number of halogens is 6. The summed E-state index contributed by atoms with van der Waals surface area (Å²) in [4.78, 5) is 13.6. The van der Waals surface area contributed by atoms with Gasteiger partial charge in [-0.25, -0.2) is 8.78 Å². The number of carboxylic acids is 1.